The second-order valence-electron chi connectivity index (χ2n) is 9.31. The molecule has 0 heterocycles. The van der Waals surface area contributed by atoms with Gasteiger partial charge in [0, 0.05) is 17.6 Å². The van der Waals surface area contributed by atoms with Crippen molar-refractivity contribution in [1.82, 2.24) is 10.2 Å². The van der Waals surface area contributed by atoms with Crippen molar-refractivity contribution in [3.8, 4) is 0 Å². The number of hydrogen-bond acceptors (Lipinski definition) is 4. The quantitative estimate of drug-likeness (QED) is 0.353. The summed E-state index contributed by atoms with van der Waals surface area (Å²) >= 11 is 5.98. The van der Waals surface area contributed by atoms with Gasteiger partial charge in [0.2, 0.25) is 11.8 Å². The van der Waals surface area contributed by atoms with Gasteiger partial charge in [-0.2, -0.15) is 0 Å². The summed E-state index contributed by atoms with van der Waals surface area (Å²) in [6.45, 7) is 7.13. The standard InChI is InChI=1S/C29H34ClN3O4S/c1-5-22(3)31-29(35)23(4)32(19-24-11-9-10-21(2)18-24)28(34)20-33(26-12-7-6-8-13-26)38(36,37)27-16-14-25(30)15-17-27/h6-18,22-23H,5,19-20H2,1-4H3,(H,31,35)/t22-,23+/m1/s1. The van der Waals surface area contributed by atoms with Gasteiger partial charge < -0.3 is 10.2 Å². The molecule has 1 N–H and O–H groups in total. The van der Waals surface area contributed by atoms with E-state index in [4.69, 9.17) is 11.6 Å². The molecular weight excluding hydrogens is 522 g/mol. The number of benzene rings is 3. The molecule has 0 fully saturated rings. The van der Waals surface area contributed by atoms with Crippen LogP contribution >= 0.6 is 11.6 Å². The molecule has 0 bridgehead atoms. The Hall–Kier alpha value is -3.36. The van der Waals surface area contributed by atoms with Crippen molar-refractivity contribution in [2.24, 2.45) is 0 Å². The lowest BCUT2D eigenvalue weighted by molar-refractivity contribution is -0.139. The summed E-state index contributed by atoms with van der Waals surface area (Å²) in [6, 6.07) is 21.0. The zero-order valence-corrected chi connectivity index (χ0v) is 23.7. The number of para-hydroxylation sites is 1. The molecule has 0 aliphatic rings. The molecule has 0 aliphatic heterocycles. The summed E-state index contributed by atoms with van der Waals surface area (Å²) < 4.78 is 28.5. The van der Waals surface area contributed by atoms with E-state index >= 15 is 0 Å². The van der Waals surface area contributed by atoms with E-state index in [1.165, 1.54) is 29.2 Å². The fourth-order valence-electron chi connectivity index (χ4n) is 3.91. The molecule has 3 aromatic carbocycles. The molecule has 0 unspecified atom stereocenters. The van der Waals surface area contributed by atoms with Gasteiger partial charge in [-0.05, 0) is 69.2 Å². The maximum Gasteiger partial charge on any atom is 0.264 e. The average molecular weight is 556 g/mol. The van der Waals surface area contributed by atoms with Crippen molar-refractivity contribution in [3.63, 3.8) is 0 Å². The first-order valence-corrected chi connectivity index (χ1v) is 14.3. The number of carbonyl (C=O) groups excluding carboxylic acids is 2. The largest absolute Gasteiger partial charge is 0.352 e. The fraction of sp³-hybridized carbons (Fsp3) is 0.310. The number of anilines is 1. The summed E-state index contributed by atoms with van der Waals surface area (Å²) in [6.07, 6.45) is 0.741. The van der Waals surface area contributed by atoms with Crippen LogP contribution in [0.2, 0.25) is 5.02 Å². The van der Waals surface area contributed by atoms with Gasteiger partial charge in [0.25, 0.3) is 10.0 Å². The number of sulfonamides is 1. The zero-order chi connectivity index (χ0) is 27.9. The van der Waals surface area contributed by atoms with E-state index in [1.807, 2.05) is 45.0 Å². The summed E-state index contributed by atoms with van der Waals surface area (Å²) in [4.78, 5) is 28.4. The van der Waals surface area contributed by atoms with Gasteiger partial charge in [0.05, 0.1) is 10.6 Å². The Morgan fingerprint density at radius 3 is 2.21 bits per heavy atom. The van der Waals surface area contributed by atoms with Crippen LogP contribution in [0, 0.1) is 6.92 Å². The Bertz CT molecular complexity index is 1350. The van der Waals surface area contributed by atoms with Crippen molar-refractivity contribution in [3.05, 3.63) is 95.0 Å². The molecule has 3 rings (SSSR count). The van der Waals surface area contributed by atoms with Crippen molar-refractivity contribution in [1.29, 1.82) is 0 Å². The third-order valence-corrected chi connectivity index (χ3v) is 8.37. The topological polar surface area (TPSA) is 86.8 Å². The lowest BCUT2D eigenvalue weighted by Gasteiger charge is -2.32. The molecule has 2 atom stereocenters. The molecule has 0 saturated heterocycles. The molecule has 7 nitrogen and oxygen atoms in total. The average Bonchev–Trinajstić information content (AvgIpc) is 2.90. The Morgan fingerprint density at radius 1 is 0.947 bits per heavy atom. The number of hydrogen-bond donors (Lipinski definition) is 1. The van der Waals surface area contributed by atoms with E-state index in [2.05, 4.69) is 5.32 Å². The van der Waals surface area contributed by atoms with Gasteiger partial charge in [-0.25, -0.2) is 8.42 Å². The maximum atomic E-state index is 13.9. The van der Waals surface area contributed by atoms with Crippen LogP contribution in [0.15, 0.2) is 83.8 Å². The first-order chi connectivity index (χ1) is 18.0. The van der Waals surface area contributed by atoms with Crippen LogP contribution in [0.3, 0.4) is 0 Å². The van der Waals surface area contributed by atoms with Crippen LogP contribution in [0.5, 0.6) is 0 Å². The molecule has 9 heteroatoms. The summed E-state index contributed by atoms with van der Waals surface area (Å²) in [5.41, 5.74) is 2.19. The first-order valence-electron chi connectivity index (χ1n) is 12.5. The van der Waals surface area contributed by atoms with E-state index in [1.54, 1.807) is 37.3 Å². The molecular formula is C29H34ClN3O4S. The second kappa shape index (κ2) is 12.9. The normalized spacial score (nSPS) is 12.9. The molecule has 0 aromatic heterocycles. The number of amides is 2. The SMILES string of the molecule is CC[C@@H](C)NC(=O)[C@H](C)N(Cc1cccc(C)c1)C(=O)CN(c1ccccc1)S(=O)(=O)c1ccc(Cl)cc1. The Balaban J connectivity index is 2.00. The second-order valence-corrected chi connectivity index (χ2v) is 11.6. The predicted octanol–water partition coefficient (Wildman–Crippen LogP) is 5.18. The monoisotopic (exact) mass is 555 g/mol. The molecule has 0 spiro atoms. The molecule has 0 saturated carbocycles. The Labute approximate surface area is 230 Å². The lowest BCUT2D eigenvalue weighted by Crippen LogP contribution is -2.52. The predicted molar refractivity (Wildman–Crippen MR) is 152 cm³/mol. The van der Waals surface area contributed by atoms with E-state index in [0.717, 1.165) is 21.9 Å². The molecule has 2 amide bonds. The third kappa shape index (κ3) is 7.36. The number of rotatable bonds is 11. The molecule has 0 aliphatic carbocycles. The van der Waals surface area contributed by atoms with E-state index in [-0.39, 0.29) is 23.4 Å². The van der Waals surface area contributed by atoms with Crippen LogP contribution < -0.4 is 9.62 Å². The van der Waals surface area contributed by atoms with Crippen LogP contribution in [-0.2, 0) is 26.2 Å². The van der Waals surface area contributed by atoms with E-state index < -0.39 is 28.5 Å². The van der Waals surface area contributed by atoms with Crippen LogP contribution in [0.25, 0.3) is 0 Å². The van der Waals surface area contributed by atoms with Gasteiger partial charge in [-0.1, -0.05) is 66.6 Å². The van der Waals surface area contributed by atoms with E-state index in [9.17, 15) is 18.0 Å². The number of halogens is 1. The van der Waals surface area contributed by atoms with Crippen molar-refractivity contribution in [2.45, 2.75) is 57.6 Å². The van der Waals surface area contributed by atoms with Crippen molar-refractivity contribution in [2.75, 3.05) is 10.8 Å². The Kier molecular flexibility index (Phi) is 9.94. The van der Waals surface area contributed by atoms with Crippen LogP contribution in [0.1, 0.15) is 38.3 Å². The number of nitrogens with zero attached hydrogens (tertiary/aromatic N) is 2. The van der Waals surface area contributed by atoms with Crippen LogP contribution in [-0.4, -0.2) is 43.8 Å². The molecule has 3 aromatic rings. The highest BCUT2D eigenvalue weighted by Gasteiger charge is 2.32. The third-order valence-electron chi connectivity index (χ3n) is 6.33. The number of aryl methyl sites for hydroxylation is 1. The lowest BCUT2D eigenvalue weighted by atomic mass is 10.1. The summed E-state index contributed by atoms with van der Waals surface area (Å²) in [5.74, 6) is -0.799. The number of nitrogens with one attached hydrogen (secondary N) is 1. The minimum Gasteiger partial charge on any atom is -0.352 e. The molecule has 202 valence electrons. The van der Waals surface area contributed by atoms with Crippen molar-refractivity contribution < 1.29 is 18.0 Å². The van der Waals surface area contributed by atoms with Gasteiger partial charge >= 0.3 is 0 Å². The fourth-order valence-corrected chi connectivity index (χ4v) is 5.45. The first kappa shape index (κ1) is 29.2. The minimum absolute atomic E-state index is 0.00588. The summed E-state index contributed by atoms with van der Waals surface area (Å²) in [7, 11) is -4.12. The smallest absolute Gasteiger partial charge is 0.264 e. The molecule has 38 heavy (non-hydrogen) atoms. The Morgan fingerprint density at radius 2 is 1.61 bits per heavy atom. The highest BCUT2D eigenvalue weighted by molar-refractivity contribution is 7.92. The van der Waals surface area contributed by atoms with E-state index in [0.29, 0.717) is 10.7 Å². The van der Waals surface area contributed by atoms with Gasteiger partial charge in [-0.15, -0.1) is 0 Å². The van der Waals surface area contributed by atoms with Crippen molar-refractivity contribution >= 4 is 39.1 Å². The van der Waals surface area contributed by atoms with Gasteiger partial charge in [0.1, 0.15) is 12.6 Å². The maximum absolute atomic E-state index is 13.9. The molecule has 0 radical (unpaired) electrons. The van der Waals surface area contributed by atoms with Gasteiger partial charge in [0.15, 0.2) is 0 Å². The highest BCUT2D eigenvalue weighted by atomic mass is 35.5. The zero-order valence-electron chi connectivity index (χ0n) is 22.1. The van der Waals surface area contributed by atoms with Gasteiger partial charge in [-0.3, -0.25) is 13.9 Å². The highest BCUT2D eigenvalue weighted by Crippen LogP contribution is 2.25. The van der Waals surface area contributed by atoms with Crippen LogP contribution in [0.4, 0.5) is 5.69 Å². The minimum atomic E-state index is -4.12. The summed E-state index contributed by atoms with van der Waals surface area (Å²) in [5, 5.41) is 3.33. The number of carbonyl (C=O) groups is 2.